The van der Waals surface area contributed by atoms with Crippen LogP contribution in [0.4, 0.5) is 0 Å². The van der Waals surface area contributed by atoms with Crippen LogP contribution in [0.25, 0.3) is 0 Å². The Labute approximate surface area is 125 Å². The molecule has 0 unspecified atom stereocenters. The number of aliphatic hydroxyl groups excluding tert-OH is 1. The highest BCUT2D eigenvalue weighted by Gasteiger charge is 2.10. The van der Waals surface area contributed by atoms with E-state index < -0.39 is 11.2 Å². The molecule has 0 spiro atoms. The SMILES string of the molecule is COc1ccc(Cc2nn(CCO)c(=O)[nH]c2=O)cc1OC. The van der Waals surface area contributed by atoms with Gasteiger partial charge in [0.1, 0.15) is 5.69 Å². The predicted molar refractivity (Wildman–Crippen MR) is 78.6 cm³/mol. The van der Waals surface area contributed by atoms with Gasteiger partial charge in [0.2, 0.25) is 0 Å². The summed E-state index contributed by atoms with van der Waals surface area (Å²) in [5.41, 5.74) is -0.228. The third kappa shape index (κ3) is 3.34. The summed E-state index contributed by atoms with van der Waals surface area (Å²) in [5, 5.41) is 12.9. The van der Waals surface area contributed by atoms with Crippen LogP contribution in [0.3, 0.4) is 0 Å². The molecule has 0 fully saturated rings. The van der Waals surface area contributed by atoms with Gasteiger partial charge in [-0.15, -0.1) is 0 Å². The maximum absolute atomic E-state index is 11.8. The summed E-state index contributed by atoms with van der Waals surface area (Å²) < 4.78 is 11.4. The van der Waals surface area contributed by atoms with Gasteiger partial charge in [-0.3, -0.25) is 9.78 Å². The minimum atomic E-state index is -0.643. The molecule has 8 heteroatoms. The van der Waals surface area contributed by atoms with E-state index in [1.165, 1.54) is 14.2 Å². The minimum Gasteiger partial charge on any atom is -0.493 e. The molecule has 0 aliphatic rings. The van der Waals surface area contributed by atoms with Gasteiger partial charge in [0, 0.05) is 6.42 Å². The number of methoxy groups -OCH3 is 2. The molecule has 0 bridgehead atoms. The van der Waals surface area contributed by atoms with Crippen LogP contribution in [0.1, 0.15) is 11.3 Å². The second-order valence-corrected chi connectivity index (χ2v) is 4.52. The molecule has 2 N–H and O–H groups in total. The van der Waals surface area contributed by atoms with Crippen molar-refractivity contribution in [3.05, 3.63) is 50.3 Å². The second-order valence-electron chi connectivity index (χ2n) is 4.52. The van der Waals surface area contributed by atoms with Crippen LogP contribution >= 0.6 is 0 Å². The van der Waals surface area contributed by atoms with Crippen molar-refractivity contribution in [2.45, 2.75) is 13.0 Å². The summed E-state index contributed by atoms with van der Waals surface area (Å²) in [4.78, 5) is 25.5. The van der Waals surface area contributed by atoms with Crippen LogP contribution in [0.5, 0.6) is 11.5 Å². The zero-order chi connectivity index (χ0) is 16.1. The molecule has 0 saturated heterocycles. The number of H-pyrrole nitrogens is 1. The Morgan fingerprint density at radius 2 is 1.95 bits per heavy atom. The number of aromatic nitrogens is 3. The van der Waals surface area contributed by atoms with Crippen molar-refractivity contribution < 1.29 is 14.6 Å². The zero-order valence-corrected chi connectivity index (χ0v) is 12.3. The molecular weight excluding hydrogens is 290 g/mol. The molecule has 118 valence electrons. The number of aromatic amines is 1. The Morgan fingerprint density at radius 1 is 1.23 bits per heavy atom. The molecule has 2 rings (SSSR count). The fraction of sp³-hybridized carbons (Fsp3) is 0.357. The molecule has 1 heterocycles. The average molecular weight is 307 g/mol. The summed E-state index contributed by atoms with van der Waals surface area (Å²) >= 11 is 0. The van der Waals surface area contributed by atoms with Gasteiger partial charge < -0.3 is 14.6 Å². The lowest BCUT2D eigenvalue weighted by atomic mass is 10.1. The van der Waals surface area contributed by atoms with E-state index in [0.29, 0.717) is 11.5 Å². The fourth-order valence-corrected chi connectivity index (χ4v) is 2.02. The largest absolute Gasteiger partial charge is 0.493 e. The predicted octanol–water partition coefficient (Wildman–Crippen LogP) is -0.468. The van der Waals surface area contributed by atoms with E-state index in [4.69, 9.17) is 14.6 Å². The standard InChI is InChI=1S/C14H17N3O5/c1-21-11-4-3-9(8-12(11)22-2)7-10-13(19)15-14(20)17(16-10)5-6-18/h3-4,8,18H,5-7H2,1-2H3,(H,15,19,20). The quantitative estimate of drug-likeness (QED) is 0.747. The van der Waals surface area contributed by atoms with Crippen LogP contribution in [0, 0.1) is 0 Å². The number of nitrogens with one attached hydrogen (secondary N) is 1. The molecule has 8 nitrogen and oxygen atoms in total. The van der Waals surface area contributed by atoms with Gasteiger partial charge in [-0.2, -0.15) is 5.10 Å². The maximum atomic E-state index is 11.8. The van der Waals surface area contributed by atoms with Gasteiger partial charge in [0.05, 0.1) is 27.4 Å². The van der Waals surface area contributed by atoms with Gasteiger partial charge in [-0.25, -0.2) is 9.48 Å². The molecule has 1 aromatic carbocycles. The number of nitrogens with zero attached hydrogens (tertiary/aromatic N) is 2. The Kier molecular flexibility index (Phi) is 4.95. The van der Waals surface area contributed by atoms with Gasteiger partial charge in [0.25, 0.3) is 5.56 Å². The lowest BCUT2D eigenvalue weighted by Crippen LogP contribution is -2.35. The van der Waals surface area contributed by atoms with Gasteiger partial charge in [-0.1, -0.05) is 6.07 Å². The number of benzene rings is 1. The van der Waals surface area contributed by atoms with E-state index in [1.807, 2.05) is 0 Å². The van der Waals surface area contributed by atoms with Crippen molar-refractivity contribution in [1.29, 1.82) is 0 Å². The number of hydrogen-bond donors (Lipinski definition) is 2. The van der Waals surface area contributed by atoms with Crippen molar-refractivity contribution in [2.75, 3.05) is 20.8 Å². The summed E-state index contributed by atoms with van der Waals surface area (Å²) in [6.07, 6.45) is 0.224. The summed E-state index contributed by atoms with van der Waals surface area (Å²) in [6, 6.07) is 5.25. The minimum absolute atomic E-state index is 0.0224. The van der Waals surface area contributed by atoms with Gasteiger partial charge in [0.15, 0.2) is 11.5 Å². The number of ether oxygens (including phenoxy) is 2. The highest BCUT2D eigenvalue weighted by Crippen LogP contribution is 2.27. The van der Waals surface area contributed by atoms with Gasteiger partial charge in [-0.05, 0) is 17.7 Å². The Morgan fingerprint density at radius 3 is 2.59 bits per heavy atom. The first-order valence-corrected chi connectivity index (χ1v) is 6.61. The maximum Gasteiger partial charge on any atom is 0.344 e. The summed E-state index contributed by atoms with van der Waals surface area (Å²) in [5.74, 6) is 1.12. The second kappa shape index (κ2) is 6.90. The van der Waals surface area contributed by atoms with E-state index in [0.717, 1.165) is 10.2 Å². The first kappa shape index (κ1) is 15.8. The highest BCUT2D eigenvalue weighted by atomic mass is 16.5. The van der Waals surface area contributed by atoms with Crippen LogP contribution in [0.15, 0.2) is 27.8 Å². The number of rotatable bonds is 6. The molecule has 1 aromatic heterocycles. The van der Waals surface area contributed by atoms with Crippen LogP contribution in [-0.2, 0) is 13.0 Å². The van der Waals surface area contributed by atoms with Crippen LogP contribution < -0.4 is 20.7 Å². The van der Waals surface area contributed by atoms with Crippen LogP contribution in [-0.4, -0.2) is 40.7 Å². The normalized spacial score (nSPS) is 10.5. The van der Waals surface area contributed by atoms with Crippen molar-refractivity contribution >= 4 is 0 Å². The highest BCUT2D eigenvalue weighted by molar-refractivity contribution is 5.43. The molecule has 0 atom stereocenters. The third-order valence-corrected chi connectivity index (χ3v) is 3.09. The third-order valence-electron chi connectivity index (χ3n) is 3.09. The molecule has 22 heavy (non-hydrogen) atoms. The fourth-order valence-electron chi connectivity index (χ4n) is 2.02. The number of hydrogen-bond acceptors (Lipinski definition) is 6. The molecule has 0 saturated carbocycles. The van der Waals surface area contributed by atoms with Crippen molar-refractivity contribution in [1.82, 2.24) is 14.8 Å². The molecule has 2 aromatic rings. The molecule has 0 aliphatic carbocycles. The summed E-state index contributed by atoms with van der Waals surface area (Å²) in [7, 11) is 3.06. The van der Waals surface area contributed by atoms with E-state index in [9.17, 15) is 9.59 Å². The van der Waals surface area contributed by atoms with E-state index in [-0.39, 0.29) is 25.3 Å². The lowest BCUT2D eigenvalue weighted by Gasteiger charge is -2.09. The average Bonchev–Trinajstić information content (AvgIpc) is 2.52. The number of aliphatic hydroxyl groups is 1. The molecule has 0 aliphatic heterocycles. The molecule has 0 amide bonds. The lowest BCUT2D eigenvalue weighted by molar-refractivity contribution is 0.264. The van der Waals surface area contributed by atoms with Gasteiger partial charge >= 0.3 is 5.69 Å². The van der Waals surface area contributed by atoms with E-state index in [2.05, 4.69) is 10.1 Å². The van der Waals surface area contributed by atoms with E-state index in [1.54, 1.807) is 18.2 Å². The zero-order valence-electron chi connectivity index (χ0n) is 12.3. The van der Waals surface area contributed by atoms with Crippen molar-refractivity contribution in [3.8, 4) is 11.5 Å². The molecule has 0 radical (unpaired) electrons. The van der Waals surface area contributed by atoms with Crippen molar-refractivity contribution in [2.24, 2.45) is 0 Å². The Bertz CT molecular complexity index is 766. The van der Waals surface area contributed by atoms with Crippen LogP contribution in [0.2, 0.25) is 0 Å². The van der Waals surface area contributed by atoms with Crippen molar-refractivity contribution in [3.63, 3.8) is 0 Å². The Hall–Kier alpha value is -2.61. The summed E-state index contributed by atoms with van der Waals surface area (Å²) in [6.45, 7) is -0.219. The van der Waals surface area contributed by atoms with E-state index >= 15 is 0 Å². The monoisotopic (exact) mass is 307 g/mol. The molecular formula is C14H17N3O5. The first-order valence-electron chi connectivity index (χ1n) is 6.61. The first-order chi connectivity index (χ1) is 10.6. The Balaban J connectivity index is 2.36. The topological polar surface area (TPSA) is 106 Å². The smallest absolute Gasteiger partial charge is 0.344 e.